The van der Waals surface area contributed by atoms with Crippen LogP contribution in [0, 0.1) is 0 Å². The van der Waals surface area contributed by atoms with E-state index in [4.69, 9.17) is 9.47 Å². The highest BCUT2D eigenvalue weighted by molar-refractivity contribution is 6.18. The van der Waals surface area contributed by atoms with Gasteiger partial charge in [-0.15, -0.1) is 0 Å². The molecule has 0 bridgehead atoms. The van der Waals surface area contributed by atoms with Gasteiger partial charge in [0.1, 0.15) is 0 Å². The average Bonchev–Trinajstić information content (AvgIpc) is 2.95. The van der Waals surface area contributed by atoms with Crippen molar-refractivity contribution in [1.82, 2.24) is 0 Å². The van der Waals surface area contributed by atoms with Crippen LogP contribution in [-0.4, -0.2) is 36.5 Å². The summed E-state index contributed by atoms with van der Waals surface area (Å²) in [6.07, 6.45) is 5.54. The van der Waals surface area contributed by atoms with Crippen LogP contribution >= 0.6 is 0 Å². The van der Waals surface area contributed by atoms with Crippen molar-refractivity contribution in [2.24, 2.45) is 0 Å². The smallest absolute Gasteiger partial charge is 0.199 e. The van der Waals surface area contributed by atoms with Crippen molar-refractivity contribution < 1.29 is 24.2 Å². The first-order chi connectivity index (χ1) is 18.0. The first kappa shape index (κ1) is 29.8. The monoisotopic (exact) mass is 504 g/mol. The molecule has 0 atom stereocenters. The summed E-state index contributed by atoms with van der Waals surface area (Å²) in [5.41, 5.74) is 3.38. The van der Waals surface area contributed by atoms with Gasteiger partial charge >= 0.3 is 0 Å². The Morgan fingerprint density at radius 1 is 0.757 bits per heavy atom. The van der Waals surface area contributed by atoms with Crippen molar-refractivity contribution in [2.75, 3.05) is 13.7 Å². The number of hydrogen-bond donors (Lipinski definition) is 1. The molecule has 0 spiro atoms. The van der Waals surface area contributed by atoms with E-state index in [0.717, 1.165) is 24.8 Å². The maximum absolute atomic E-state index is 12.2. The maximum atomic E-state index is 12.2. The molecule has 0 radical (unpaired) electrons. The van der Waals surface area contributed by atoms with E-state index in [2.05, 4.69) is 20.8 Å². The van der Waals surface area contributed by atoms with E-state index in [1.54, 1.807) is 54.6 Å². The van der Waals surface area contributed by atoms with Gasteiger partial charge in [0.25, 0.3) is 0 Å². The van der Waals surface area contributed by atoms with Crippen molar-refractivity contribution >= 4 is 11.6 Å². The SMILES string of the molecule is CCCCCCOc1c(O)ccc(CC)c1CC.COC(C(=O)c1ccccc1)C(=O)c1ccccc1. The minimum absolute atomic E-state index is 0.277. The predicted molar refractivity (Wildman–Crippen MR) is 149 cm³/mol. The fourth-order valence-electron chi connectivity index (χ4n) is 4.08. The molecule has 0 saturated carbocycles. The second-order valence-electron chi connectivity index (χ2n) is 8.74. The number of aryl methyl sites for hydroxylation is 1. The number of benzene rings is 3. The number of aromatic hydroxyl groups is 1. The third-order valence-electron chi connectivity index (χ3n) is 6.14. The zero-order chi connectivity index (χ0) is 27.0. The molecular weight excluding hydrogens is 464 g/mol. The van der Waals surface area contributed by atoms with Crippen molar-refractivity contribution in [3.8, 4) is 11.5 Å². The normalized spacial score (nSPS) is 10.5. The van der Waals surface area contributed by atoms with Crippen LogP contribution < -0.4 is 4.74 Å². The van der Waals surface area contributed by atoms with Crippen LogP contribution in [0.25, 0.3) is 0 Å². The van der Waals surface area contributed by atoms with Gasteiger partial charge in [-0.1, -0.05) is 107 Å². The van der Waals surface area contributed by atoms with E-state index in [1.807, 2.05) is 18.2 Å². The lowest BCUT2D eigenvalue weighted by Gasteiger charge is -2.15. The quantitative estimate of drug-likeness (QED) is 0.151. The van der Waals surface area contributed by atoms with E-state index in [0.29, 0.717) is 23.5 Å². The Bertz CT molecular complexity index is 1040. The minimum atomic E-state index is -1.09. The molecule has 3 aromatic rings. The molecule has 198 valence electrons. The summed E-state index contributed by atoms with van der Waals surface area (Å²) in [5, 5.41) is 9.92. The molecule has 37 heavy (non-hydrogen) atoms. The van der Waals surface area contributed by atoms with Crippen LogP contribution in [0.15, 0.2) is 72.8 Å². The van der Waals surface area contributed by atoms with Gasteiger partial charge in [0, 0.05) is 23.8 Å². The molecule has 0 unspecified atom stereocenters. The number of phenols is 1. The molecule has 0 aliphatic rings. The summed E-state index contributed by atoms with van der Waals surface area (Å²) in [6.45, 7) is 7.15. The fourth-order valence-corrected chi connectivity index (χ4v) is 4.08. The number of Topliss-reactive ketones (excluding diaryl/α,β-unsaturated/α-hetero) is 2. The molecule has 1 N–H and O–H groups in total. The van der Waals surface area contributed by atoms with E-state index in [9.17, 15) is 14.7 Å². The molecule has 0 amide bonds. The number of methoxy groups -OCH3 is 1. The predicted octanol–water partition coefficient (Wildman–Crippen LogP) is 7.24. The molecule has 0 aliphatic carbocycles. The number of ether oxygens (including phenoxy) is 2. The Balaban J connectivity index is 0.000000261. The second-order valence-corrected chi connectivity index (χ2v) is 8.74. The second kappa shape index (κ2) is 16.3. The largest absolute Gasteiger partial charge is 0.504 e. The molecule has 5 heteroatoms. The van der Waals surface area contributed by atoms with Crippen LogP contribution in [0.5, 0.6) is 11.5 Å². The molecule has 0 fully saturated rings. The molecule has 0 saturated heterocycles. The van der Waals surface area contributed by atoms with Gasteiger partial charge in [0.15, 0.2) is 29.2 Å². The van der Waals surface area contributed by atoms with Gasteiger partial charge in [-0.05, 0) is 30.9 Å². The molecule has 3 aromatic carbocycles. The number of carbonyl (C=O) groups is 2. The lowest BCUT2D eigenvalue weighted by molar-refractivity contribution is 0.0513. The van der Waals surface area contributed by atoms with Crippen LogP contribution in [0.3, 0.4) is 0 Å². The third kappa shape index (κ3) is 8.87. The Kier molecular flexibility index (Phi) is 13.1. The van der Waals surface area contributed by atoms with Gasteiger partial charge < -0.3 is 14.6 Å². The fraction of sp³-hybridized carbons (Fsp3) is 0.375. The lowest BCUT2D eigenvalue weighted by Crippen LogP contribution is -2.32. The number of carbonyl (C=O) groups excluding carboxylic acids is 2. The Hall–Kier alpha value is -3.44. The van der Waals surface area contributed by atoms with E-state index in [1.165, 1.54) is 31.9 Å². The Morgan fingerprint density at radius 3 is 1.78 bits per heavy atom. The summed E-state index contributed by atoms with van der Waals surface area (Å²) in [6, 6.07) is 21.1. The van der Waals surface area contributed by atoms with Crippen molar-refractivity contribution in [3.05, 3.63) is 95.1 Å². The molecule has 3 rings (SSSR count). The van der Waals surface area contributed by atoms with E-state index >= 15 is 0 Å². The van der Waals surface area contributed by atoms with Crippen molar-refractivity contribution in [1.29, 1.82) is 0 Å². The Labute approximate surface area is 221 Å². The highest BCUT2D eigenvalue weighted by atomic mass is 16.5. The van der Waals surface area contributed by atoms with Gasteiger partial charge in [0.05, 0.1) is 6.61 Å². The highest BCUT2D eigenvalue weighted by Crippen LogP contribution is 2.33. The standard InChI is InChI=1S/C16H14O3.C16H26O2/c1-19-16(14(17)12-8-4-2-5-9-12)15(18)13-10-6-3-7-11-13;1-4-7-8-9-12-18-16-14(6-3)13(5-2)10-11-15(16)17/h2-11,16H,1H3;10-11,17H,4-9,12H2,1-3H3. The van der Waals surface area contributed by atoms with Gasteiger partial charge in [0.2, 0.25) is 0 Å². The molecule has 0 aromatic heterocycles. The molecular formula is C32H40O5. The van der Waals surface area contributed by atoms with Gasteiger partial charge in [-0.25, -0.2) is 0 Å². The van der Waals surface area contributed by atoms with Crippen molar-refractivity contribution in [2.45, 2.75) is 65.4 Å². The number of rotatable bonds is 13. The number of ketones is 2. The number of unbranched alkanes of at least 4 members (excludes halogenated alkanes) is 3. The third-order valence-corrected chi connectivity index (χ3v) is 6.14. The zero-order valence-electron chi connectivity index (χ0n) is 22.5. The summed E-state index contributed by atoms with van der Waals surface area (Å²) in [4.78, 5) is 24.5. The average molecular weight is 505 g/mol. The Morgan fingerprint density at radius 2 is 1.32 bits per heavy atom. The van der Waals surface area contributed by atoms with E-state index < -0.39 is 6.10 Å². The molecule has 5 nitrogen and oxygen atoms in total. The van der Waals surface area contributed by atoms with Crippen molar-refractivity contribution in [3.63, 3.8) is 0 Å². The maximum Gasteiger partial charge on any atom is 0.199 e. The summed E-state index contributed by atoms with van der Waals surface area (Å²) >= 11 is 0. The van der Waals surface area contributed by atoms with Crippen LogP contribution in [0.1, 0.15) is 78.3 Å². The summed E-state index contributed by atoms with van der Waals surface area (Å²) < 4.78 is 10.9. The van der Waals surface area contributed by atoms with Gasteiger partial charge in [-0.2, -0.15) is 0 Å². The first-order valence-corrected chi connectivity index (χ1v) is 13.2. The van der Waals surface area contributed by atoms with Crippen LogP contribution in [-0.2, 0) is 17.6 Å². The number of hydrogen-bond acceptors (Lipinski definition) is 5. The van der Waals surface area contributed by atoms with Crippen LogP contribution in [0.4, 0.5) is 0 Å². The topological polar surface area (TPSA) is 72.8 Å². The molecule has 0 aliphatic heterocycles. The molecule has 0 heterocycles. The van der Waals surface area contributed by atoms with Crippen LogP contribution in [0.2, 0.25) is 0 Å². The summed E-state index contributed by atoms with van der Waals surface area (Å²) in [5.74, 6) is 0.335. The first-order valence-electron chi connectivity index (χ1n) is 13.2. The zero-order valence-corrected chi connectivity index (χ0v) is 22.5. The van der Waals surface area contributed by atoms with Gasteiger partial charge in [-0.3, -0.25) is 9.59 Å². The van der Waals surface area contributed by atoms with E-state index in [-0.39, 0.29) is 17.3 Å². The summed E-state index contributed by atoms with van der Waals surface area (Å²) in [7, 11) is 1.37. The minimum Gasteiger partial charge on any atom is -0.504 e. The lowest BCUT2D eigenvalue weighted by atomic mass is 9.98. The highest BCUT2D eigenvalue weighted by Gasteiger charge is 2.28. The number of phenolic OH excluding ortho intramolecular Hbond substituents is 1.